The number of benzene rings is 1. The second kappa shape index (κ2) is 9.42. The molecule has 3 fully saturated rings. The predicted octanol–water partition coefficient (Wildman–Crippen LogP) is 4.89. The molecule has 5 nitrogen and oxygen atoms in total. The summed E-state index contributed by atoms with van der Waals surface area (Å²) in [5, 5.41) is 23.3. The lowest BCUT2D eigenvalue weighted by molar-refractivity contribution is -0.202. The molecule has 1 aromatic rings. The van der Waals surface area contributed by atoms with Gasteiger partial charge in [0.2, 0.25) is 0 Å². The van der Waals surface area contributed by atoms with Gasteiger partial charge in [0.05, 0.1) is 6.10 Å². The number of aliphatic hydroxyl groups excluding tert-OH is 1. The number of Topliss-reactive ketones (excluding diaryl/α,β-unsaturated/α-hetero) is 1. The van der Waals surface area contributed by atoms with E-state index in [-0.39, 0.29) is 31.5 Å². The van der Waals surface area contributed by atoms with E-state index in [0.717, 1.165) is 22.3 Å². The smallest absolute Gasteiger partial charge is 0.178 e. The zero-order valence-corrected chi connectivity index (χ0v) is 22.0. The van der Waals surface area contributed by atoms with Crippen molar-refractivity contribution in [1.82, 2.24) is 5.06 Å². The van der Waals surface area contributed by atoms with Crippen LogP contribution in [0.15, 0.2) is 48.1 Å². The van der Waals surface area contributed by atoms with Crippen molar-refractivity contribution in [2.45, 2.75) is 64.5 Å². The Bertz CT molecular complexity index is 1180. The Morgan fingerprint density at radius 1 is 1.16 bits per heavy atom. The van der Waals surface area contributed by atoms with Crippen molar-refractivity contribution in [3.8, 4) is 0 Å². The highest BCUT2D eigenvalue weighted by Gasteiger charge is 2.73. The molecule has 0 spiro atoms. The van der Waals surface area contributed by atoms with E-state index in [1.54, 1.807) is 6.92 Å². The van der Waals surface area contributed by atoms with Crippen LogP contribution in [0, 0.1) is 41.4 Å². The molecule has 38 heavy (non-hydrogen) atoms. The van der Waals surface area contributed by atoms with Crippen LogP contribution in [0.5, 0.6) is 0 Å². The van der Waals surface area contributed by atoms with Crippen molar-refractivity contribution in [1.29, 1.82) is 0 Å². The molecule has 5 rings (SSSR count). The predicted molar refractivity (Wildman–Crippen MR) is 135 cm³/mol. The normalized spacial score (nSPS) is 41.9. The third kappa shape index (κ3) is 3.94. The van der Waals surface area contributed by atoms with Crippen LogP contribution in [-0.2, 0) is 16.1 Å². The Balaban J connectivity index is 1.49. The van der Waals surface area contributed by atoms with E-state index in [1.165, 1.54) is 19.1 Å². The largest absolute Gasteiger partial charge is 0.390 e. The maximum Gasteiger partial charge on any atom is 0.178 e. The molecule has 0 aliphatic heterocycles. The maximum atomic E-state index is 17.3. The number of allylic oxidation sites excluding steroid dienone is 4. The summed E-state index contributed by atoms with van der Waals surface area (Å²) in [6.45, 7) is 4.33. The first-order valence-electron chi connectivity index (χ1n) is 13.4. The van der Waals surface area contributed by atoms with E-state index in [1.807, 2.05) is 31.2 Å². The monoisotopic (exact) mass is 531 g/mol. The van der Waals surface area contributed by atoms with Gasteiger partial charge in [-0.05, 0) is 73.6 Å². The van der Waals surface area contributed by atoms with E-state index in [4.69, 9.17) is 0 Å². The van der Waals surface area contributed by atoms with Crippen molar-refractivity contribution in [3.63, 3.8) is 0 Å². The zero-order chi connectivity index (χ0) is 27.6. The number of alkyl halides is 3. The maximum absolute atomic E-state index is 17.3. The second-order valence-corrected chi connectivity index (χ2v) is 12.4. The standard InChI is InChI=1S/C30H36F3NO4/c1-17-4-6-18(7-5-17)15-34(38)16-19-10-21-22-12-24(32)23-11-20(35)8-9-29(23,3)30(22,33)26(37)13-28(21,2)27(19)25(36)14-31/h4-9,11,19,21-22,24,26-27,37-38H,10,12-16H2,1-3H3/t19?,21-,22-,24-,26-,27+,28-,29-,30-/m0/s1. The number of carbonyl (C=O) groups is 2. The van der Waals surface area contributed by atoms with Gasteiger partial charge < -0.3 is 10.3 Å². The quantitative estimate of drug-likeness (QED) is 0.512. The van der Waals surface area contributed by atoms with Gasteiger partial charge in [-0.2, -0.15) is 5.06 Å². The number of ketones is 2. The first-order chi connectivity index (χ1) is 17.8. The molecule has 0 aromatic heterocycles. The first-order valence-corrected chi connectivity index (χ1v) is 13.4. The molecule has 4 aliphatic rings. The van der Waals surface area contributed by atoms with Gasteiger partial charge in [0.1, 0.15) is 12.8 Å². The van der Waals surface area contributed by atoms with Crippen LogP contribution in [-0.4, -0.2) is 58.1 Å². The molecule has 1 unspecified atom stereocenters. The van der Waals surface area contributed by atoms with Gasteiger partial charge in [-0.25, -0.2) is 13.2 Å². The summed E-state index contributed by atoms with van der Waals surface area (Å²) in [7, 11) is 0. The molecule has 0 saturated heterocycles. The van der Waals surface area contributed by atoms with Crippen molar-refractivity contribution < 1.29 is 33.1 Å². The first kappa shape index (κ1) is 27.3. The fraction of sp³-hybridized carbons (Fsp3) is 0.600. The van der Waals surface area contributed by atoms with Crippen LogP contribution in [0.25, 0.3) is 0 Å². The number of rotatable bonds is 6. The lowest BCUT2D eigenvalue weighted by Gasteiger charge is -2.62. The summed E-state index contributed by atoms with van der Waals surface area (Å²) in [4.78, 5) is 25.0. The van der Waals surface area contributed by atoms with Crippen molar-refractivity contribution in [3.05, 3.63) is 59.2 Å². The Morgan fingerprint density at radius 3 is 2.50 bits per heavy atom. The Labute approximate surface area is 221 Å². The molecule has 9 atom stereocenters. The molecular weight excluding hydrogens is 495 g/mol. The van der Waals surface area contributed by atoms with E-state index in [2.05, 4.69) is 0 Å². The van der Waals surface area contributed by atoms with Gasteiger partial charge in [0, 0.05) is 30.3 Å². The Hall–Kier alpha value is -2.29. The minimum Gasteiger partial charge on any atom is -0.390 e. The Kier molecular flexibility index (Phi) is 6.76. The van der Waals surface area contributed by atoms with Gasteiger partial charge in [0.25, 0.3) is 0 Å². The van der Waals surface area contributed by atoms with Crippen LogP contribution in [0.4, 0.5) is 13.2 Å². The second-order valence-electron chi connectivity index (χ2n) is 12.4. The van der Waals surface area contributed by atoms with Gasteiger partial charge in [-0.3, -0.25) is 9.59 Å². The number of halogens is 3. The lowest BCUT2D eigenvalue weighted by atomic mass is 9.45. The van der Waals surface area contributed by atoms with E-state index in [9.17, 15) is 24.3 Å². The summed E-state index contributed by atoms with van der Waals surface area (Å²) in [6.07, 6.45) is 0.594. The fourth-order valence-corrected chi connectivity index (χ4v) is 8.52. The van der Waals surface area contributed by atoms with Crippen molar-refractivity contribution in [2.24, 2.45) is 34.5 Å². The molecule has 0 bridgehead atoms. The average Bonchev–Trinajstić information content (AvgIpc) is 3.14. The third-order valence-electron chi connectivity index (χ3n) is 10.2. The molecule has 2 N–H and O–H groups in total. The van der Waals surface area contributed by atoms with Crippen LogP contribution in [0.1, 0.15) is 44.2 Å². The SMILES string of the molecule is Cc1ccc(CN(O)CC2C[C@H]3[C@@H]4C[C@H](F)C5=CC(=O)C=C[C@]5(C)[C@@]4(F)[C@@H](O)C[C@]3(C)[C@H]2C(=O)CF)cc1. The van der Waals surface area contributed by atoms with E-state index < -0.39 is 70.7 Å². The number of nitrogens with zero attached hydrogens (tertiary/aromatic N) is 1. The molecule has 4 aliphatic carbocycles. The van der Waals surface area contributed by atoms with Gasteiger partial charge in [0.15, 0.2) is 17.2 Å². The number of aryl methyl sites for hydroxylation is 1. The van der Waals surface area contributed by atoms with Crippen LogP contribution < -0.4 is 0 Å². The summed E-state index contributed by atoms with van der Waals surface area (Å²) in [5.41, 5.74) is -2.76. The minimum absolute atomic E-state index is 0.0389. The summed E-state index contributed by atoms with van der Waals surface area (Å²) in [6, 6.07) is 7.64. The number of hydroxylamine groups is 2. The van der Waals surface area contributed by atoms with Gasteiger partial charge >= 0.3 is 0 Å². The molecule has 0 radical (unpaired) electrons. The molecule has 8 heteroatoms. The highest BCUT2D eigenvalue weighted by Crippen LogP contribution is 2.70. The number of fused-ring (bicyclic) bond motifs is 5. The number of hydrogen-bond donors (Lipinski definition) is 2. The van der Waals surface area contributed by atoms with E-state index >= 15 is 8.78 Å². The lowest BCUT2D eigenvalue weighted by Crippen LogP contribution is -2.68. The highest BCUT2D eigenvalue weighted by atomic mass is 19.1. The van der Waals surface area contributed by atoms with Gasteiger partial charge in [-0.15, -0.1) is 0 Å². The summed E-state index contributed by atoms with van der Waals surface area (Å²) in [5.74, 6) is -3.86. The number of carbonyl (C=O) groups excluding carboxylic acids is 2. The Morgan fingerprint density at radius 2 is 1.84 bits per heavy atom. The third-order valence-corrected chi connectivity index (χ3v) is 10.2. The van der Waals surface area contributed by atoms with Crippen molar-refractivity contribution >= 4 is 11.6 Å². The topological polar surface area (TPSA) is 77.8 Å². The van der Waals surface area contributed by atoms with E-state index in [0.29, 0.717) is 6.42 Å². The summed E-state index contributed by atoms with van der Waals surface area (Å²) < 4.78 is 46.8. The molecular formula is C30H36F3NO4. The zero-order valence-electron chi connectivity index (χ0n) is 22.0. The van der Waals surface area contributed by atoms with Crippen LogP contribution >= 0.6 is 0 Å². The molecule has 0 heterocycles. The average molecular weight is 532 g/mol. The molecule has 3 saturated carbocycles. The summed E-state index contributed by atoms with van der Waals surface area (Å²) >= 11 is 0. The number of aliphatic hydroxyl groups is 1. The minimum atomic E-state index is -2.26. The van der Waals surface area contributed by atoms with Gasteiger partial charge in [-0.1, -0.05) is 42.8 Å². The number of hydrogen-bond acceptors (Lipinski definition) is 5. The fourth-order valence-electron chi connectivity index (χ4n) is 8.52. The highest BCUT2D eigenvalue weighted by molar-refractivity contribution is 6.01. The molecule has 206 valence electrons. The van der Waals surface area contributed by atoms with Crippen molar-refractivity contribution in [2.75, 3.05) is 13.2 Å². The van der Waals surface area contributed by atoms with Crippen LogP contribution in [0.3, 0.4) is 0 Å². The van der Waals surface area contributed by atoms with Crippen LogP contribution in [0.2, 0.25) is 0 Å². The molecule has 1 aromatic carbocycles. The molecule has 0 amide bonds.